The Morgan fingerprint density at radius 1 is 1.19 bits per heavy atom. The van der Waals surface area contributed by atoms with Gasteiger partial charge in [-0.1, -0.05) is 6.07 Å². The second-order valence-corrected chi connectivity index (χ2v) is 10.5. The molecule has 2 saturated heterocycles. The van der Waals surface area contributed by atoms with Gasteiger partial charge in [0.1, 0.15) is 11.9 Å². The molecule has 3 N–H and O–H groups in total. The quantitative estimate of drug-likeness (QED) is 0.407. The number of nitrogens with one attached hydrogen (secondary N) is 3. The van der Waals surface area contributed by atoms with Gasteiger partial charge >= 0.3 is 0 Å². The molecule has 2 aliphatic rings. The number of rotatable bonds is 7. The Hall–Kier alpha value is -3.73. The number of thiophene rings is 1. The summed E-state index contributed by atoms with van der Waals surface area (Å²) in [6, 6.07) is 5.39. The van der Waals surface area contributed by atoms with Gasteiger partial charge in [-0.05, 0) is 50.8 Å². The number of carbonyl (C=O) groups is 3. The predicted molar refractivity (Wildman–Crippen MR) is 143 cm³/mol. The van der Waals surface area contributed by atoms with Crippen LogP contribution >= 0.6 is 11.3 Å². The molecule has 3 aromatic rings. The van der Waals surface area contributed by atoms with Crippen molar-refractivity contribution < 1.29 is 14.4 Å². The van der Waals surface area contributed by atoms with Gasteiger partial charge in [0.2, 0.25) is 17.7 Å². The largest absolute Gasteiger partial charge is 0.376 e. The molecule has 2 fully saturated rings. The molecule has 0 radical (unpaired) electrons. The van der Waals surface area contributed by atoms with Crippen LogP contribution in [0.1, 0.15) is 48.0 Å². The number of hydrogen-bond acceptors (Lipinski definition) is 8. The van der Waals surface area contributed by atoms with Crippen LogP contribution in [0.2, 0.25) is 0 Å². The first kappa shape index (κ1) is 24.9. The van der Waals surface area contributed by atoms with Gasteiger partial charge in [0.05, 0.1) is 28.9 Å². The second kappa shape index (κ2) is 10.3. The highest BCUT2D eigenvalue weighted by Gasteiger charge is 2.31. The van der Waals surface area contributed by atoms with E-state index in [1.807, 2.05) is 6.07 Å². The van der Waals surface area contributed by atoms with Gasteiger partial charge in [-0.15, -0.1) is 11.3 Å². The lowest BCUT2D eigenvalue weighted by atomic mass is 10.1. The fraction of sp³-hybridized carbons (Fsp3) is 0.423. The number of aromatic nitrogens is 2. The lowest BCUT2D eigenvalue weighted by Crippen LogP contribution is -2.45. The van der Waals surface area contributed by atoms with E-state index in [1.165, 1.54) is 40.0 Å². The van der Waals surface area contributed by atoms with Gasteiger partial charge in [-0.2, -0.15) is 0 Å². The number of carbonyl (C=O) groups excluding carboxylic acids is 3. The summed E-state index contributed by atoms with van der Waals surface area (Å²) in [5, 5.41) is 10.5. The van der Waals surface area contributed by atoms with Gasteiger partial charge in [-0.25, -0.2) is 4.98 Å². The van der Waals surface area contributed by atoms with Gasteiger partial charge in [0.15, 0.2) is 0 Å². The van der Waals surface area contributed by atoms with Crippen LogP contribution in [0.25, 0.3) is 10.9 Å². The third kappa shape index (κ3) is 5.08. The maximum Gasteiger partial charge on any atom is 0.262 e. The minimum absolute atomic E-state index is 0.126. The third-order valence-electron chi connectivity index (χ3n) is 6.99. The Morgan fingerprint density at radius 3 is 2.73 bits per heavy atom. The lowest BCUT2D eigenvalue weighted by molar-refractivity contribution is -0.135. The number of anilines is 2. The molecule has 5 rings (SSSR count). The number of fused-ring (bicyclic) bond motifs is 1. The molecule has 1 aromatic carbocycles. The van der Waals surface area contributed by atoms with Crippen LogP contribution in [0, 0.1) is 13.8 Å². The standard InChI is InChI=1S/C26H30N6O4S/c1-15-5-6-17(11-20(15)31-9-3-4-10-31)27-13-23(34)28-12-21-24-18(14-37-21)26(36)32(16(2)29-24)19-7-8-22(33)30-25(19)35/h5-6,11,14,19,27H,3-4,7-10,12-13H2,1-2H3,(H,28,34)(H,30,33,35). The van der Waals surface area contributed by atoms with Crippen molar-refractivity contribution in [3.8, 4) is 0 Å². The monoisotopic (exact) mass is 522 g/mol. The Kier molecular flexibility index (Phi) is 6.96. The van der Waals surface area contributed by atoms with E-state index in [4.69, 9.17) is 0 Å². The molecule has 2 aliphatic heterocycles. The highest BCUT2D eigenvalue weighted by Crippen LogP contribution is 2.28. The van der Waals surface area contributed by atoms with Crippen LogP contribution in [0.4, 0.5) is 11.4 Å². The van der Waals surface area contributed by atoms with E-state index in [-0.39, 0.29) is 43.3 Å². The Morgan fingerprint density at radius 2 is 1.97 bits per heavy atom. The minimum atomic E-state index is -0.760. The predicted octanol–water partition coefficient (Wildman–Crippen LogP) is 2.38. The van der Waals surface area contributed by atoms with E-state index in [1.54, 1.807) is 12.3 Å². The first-order valence-corrected chi connectivity index (χ1v) is 13.4. The number of hydrogen-bond donors (Lipinski definition) is 3. The number of amides is 3. The molecule has 10 nitrogen and oxygen atoms in total. The number of aryl methyl sites for hydroxylation is 2. The van der Waals surface area contributed by atoms with Gasteiger partial charge in [0, 0.05) is 36.3 Å². The SMILES string of the molecule is Cc1ccc(NCC(=O)NCc2scc3c(=O)n(C4CCC(=O)NC4=O)c(C)nc23)cc1N1CCCC1. The molecular weight excluding hydrogens is 492 g/mol. The maximum absolute atomic E-state index is 13.2. The van der Waals surface area contributed by atoms with E-state index in [2.05, 4.69) is 44.9 Å². The molecule has 1 atom stereocenters. The fourth-order valence-corrected chi connectivity index (χ4v) is 5.92. The van der Waals surface area contributed by atoms with Crippen molar-refractivity contribution in [2.45, 2.75) is 52.1 Å². The fourth-order valence-electron chi connectivity index (χ4n) is 5.02. The second-order valence-electron chi connectivity index (χ2n) is 9.55. The smallest absolute Gasteiger partial charge is 0.262 e. The topological polar surface area (TPSA) is 125 Å². The molecule has 3 amide bonds. The maximum atomic E-state index is 13.2. The minimum Gasteiger partial charge on any atom is -0.376 e. The van der Waals surface area contributed by atoms with Crippen LogP contribution < -0.4 is 26.4 Å². The average Bonchev–Trinajstić information content (AvgIpc) is 3.54. The van der Waals surface area contributed by atoms with Crippen LogP contribution in [0.15, 0.2) is 28.4 Å². The number of piperidine rings is 1. The molecule has 4 heterocycles. The van der Waals surface area contributed by atoms with Crippen LogP contribution in [0.5, 0.6) is 0 Å². The summed E-state index contributed by atoms with van der Waals surface area (Å²) in [7, 11) is 0. The zero-order valence-corrected chi connectivity index (χ0v) is 21.7. The summed E-state index contributed by atoms with van der Waals surface area (Å²) in [4.78, 5) is 57.3. The molecule has 0 spiro atoms. The van der Waals surface area contributed by atoms with Crippen molar-refractivity contribution in [1.82, 2.24) is 20.2 Å². The summed E-state index contributed by atoms with van der Waals surface area (Å²) in [5.41, 5.74) is 3.53. The Balaban J connectivity index is 1.24. The molecule has 1 unspecified atom stereocenters. The summed E-state index contributed by atoms with van der Waals surface area (Å²) < 4.78 is 1.36. The van der Waals surface area contributed by atoms with E-state index >= 15 is 0 Å². The van der Waals surface area contributed by atoms with Crippen molar-refractivity contribution in [1.29, 1.82) is 0 Å². The molecule has 0 bridgehead atoms. The van der Waals surface area contributed by atoms with E-state index in [0.29, 0.717) is 16.7 Å². The Labute approximate surface area is 218 Å². The molecular formula is C26H30N6O4S. The van der Waals surface area contributed by atoms with Crippen molar-refractivity contribution >= 4 is 51.3 Å². The summed E-state index contributed by atoms with van der Waals surface area (Å²) in [6.07, 6.45) is 2.85. The van der Waals surface area contributed by atoms with Crippen molar-refractivity contribution in [2.24, 2.45) is 0 Å². The molecule has 11 heteroatoms. The molecule has 37 heavy (non-hydrogen) atoms. The molecule has 194 valence electrons. The summed E-state index contributed by atoms with van der Waals surface area (Å²) >= 11 is 1.35. The van der Waals surface area contributed by atoms with E-state index in [0.717, 1.165) is 23.7 Å². The van der Waals surface area contributed by atoms with Gasteiger partial charge in [0.25, 0.3) is 5.56 Å². The molecule has 0 aliphatic carbocycles. The summed E-state index contributed by atoms with van der Waals surface area (Å²) in [6.45, 7) is 6.27. The average molecular weight is 523 g/mol. The van der Waals surface area contributed by atoms with Crippen LogP contribution in [-0.4, -0.2) is 46.9 Å². The van der Waals surface area contributed by atoms with Crippen molar-refractivity contribution in [3.63, 3.8) is 0 Å². The first-order valence-electron chi connectivity index (χ1n) is 12.5. The van der Waals surface area contributed by atoms with E-state index < -0.39 is 11.9 Å². The van der Waals surface area contributed by atoms with Gasteiger partial charge < -0.3 is 15.5 Å². The first-order chi connectivity index (χ1) is 17.8. The highest BCUT2D eigenvalue weighted by molar-refractivity contribution is 7.11. The molecule has 0 saturated carbocycles. The van der Waals surface area contributed by atoms with Crippen molar-refractivity contribution in [3.05, 3.63) is 50.2 Å². The highest BCUT2D eigenvalue weighted by atomic mass is 32.1. The molecule has 2 aromatic heterocycles. The van der Waals surface area contributed by atoms with Gasteiger partial charge in [-0.3, -0.25) is 29.1 Å². The Bertz CT molecular complexity index is 1440. The zero-order chi connectivity index (χ0) is 26.1. The van der Waals surface area contributed by atoms with Crippen LogP contribution in [-0.2, 0) is 20.9 Å². The zero-order valence-electron chi connectivity index (χ0n) is 20.9. The summed E-state index contributed by atoms with van der Waals surface area (Å²) in [5.74, 6) is -0.594. The van der Waals surface area contributed by atoms with E-state index in [9.17, 15) is 19.2 Å². The number of nitrogens with zero attached hydrogens (tertiary/aromatic N) is 3. The number of imide groups is 1. The lowest BCUT2D eigenvalue weighted by Gasteiger charge is -2.24. The number of benzene rings is 1. The van der Waals surface area contributed by atoms with Crippen LogP contribution in [0.3, 0.4) is 0 Å². The van der Waals surface area contributed by atoms with Crippen molar-refractivity contribution in [2.75, 3.05) is 29.9 Å². The third-order valence-corrected chi connectivity index (χ3v) is 7.96. The normalized spacial score (nSPS) is 17.8.